The number of halogens is 4. The van der Waals surface area contributed by atoms with Crippen LogP contribution in [0.3, 0.4) is 0 Å². The molecule has 1 aliphatic rings. The Kier molecular flexibility index (Phi) is 2.34. The molecule has 2 N–H and O–H groups in total. The maximum atomic E-state index is 13.1. The molecular formula is C7H7F4NO. The molecule has 1 unspecified atom stereocenters. The molecule has 0 aromatic carbocycles. The first-order valence-corrected chi connectivity index (χ1v) is 3.41. The summed E-state index contributed by atoms with van der Waals surface area (Å²) >= 11 is 0. The lowest BCUT2D eigenvalue weighted by Crippen LogP contribution is -2.33. The van der Waals surface area contributed by atoms with Crippen LogP contribution >= 0.6 is 0 Å². The van der Waals surface area contributed by atoms with E-state index in [0.717, 1.165) is 12.2 Å². The summed E-state index contributed by atoms with van der Waals surface area (Å²) in [5, 5.41) is 0. The van der Waals surface area contributed by atoms with E-state index < -0.39 is 18.6 Å². The van der Waals surface area contributed by atoms with Crippen molar-refractivity contribution < 1.29 is 22.3 Å². The van der Waals surface area contributed by atoms with Crippen LogP contribution in [0.15, 0.2) is 23.9 Å². The van der Waals surface area contributed by atoms with Gasteiger partial charge in [-0.25, -0.2) is 4.39 Å². The molecule has 6 heteroatoms. The van der Waals surface area contributed by atoms with Gasteiger partial charge < -0.3 is 5.73 Å². The van der Waals surface area contributed by atoms with Crippen molar-refractivity contribution in [1.82, 2.24) is 0 Å². The Labute approximate surface area is 71.7 Å². The fourth-order valence-corrected chi connectivity index (χ4v) is 0.882. The van der Waals surface area contributed by atoms with Gasteiger partial charge in [0.05, 0.1) is 0 Å². The molecule has 1 atom stereocenters. The maximum absolute atomic E-state index is 13.1. The zero-order valence-electron chi connectivity index (χ0n) is 6.44. The van der Waals surface area contributed by atoms with Crippen LogP contribution in [-0.2, 0) is 4.74 Å². The van der Waals surface area contributed by atoms with Crippen LogP contribution in [0.2, 0.25) is 0 Å². The standard InChI is InChI=1S/C7H7F4NO/c8-6(13-7(9,10)11)3-1-5(12)2-4-6/h1-3H,4,12H2. The van der Waals surface area contributed by atoms with E-state index in [9.17, 15) is 17.6 Å². The molecule has 0 amide bonds. The van der Waals surface area contributed by atoms with Crippen molar-refractivity contribution in [3.8, 4) is 0 Å². The van der Waals surface area contributed by atoms with Gasteiger partial charge in [-0.05, 0) is 12.2 Å². The Morgan fingerprint density at radius 2 is 2.08 bits per heavy atom. The summed E-state index contributed by atoms with van der Waals surface area (Å²) in [7, 11) is 0. The predicted molar refractivity (Wildman–Crippen MR) is 37.0 cm³/mol. The number of alkyl halides is 4. The minimum Gasteiger partial charge on any atom is -0.399 e. The highest BCUT2D eigenvalue weighted by molar-refractivity contribution is 5.23. The van der Waals surface area contributed by atoms with Crippen molar-refractivity contribution >= 4 is 0 Å². The predicted octanol–water partition coefficient (Wildman–Crippen LogP) is 1.99. The Balaban J connectivity index is 2.66. The summed E-state index contributed by atoms with van der Waals surface area (Å²) in [6.07, 6.45) is -2.70. The SMILES string of the molecule is NC1=CCC(F)(OC(F)(F)F)C=C1. The van der Waals surface area contributed by atoms with Gasteiger partial charge in [-0.2, -0.15) is 0 Å². The molecule has 0 saturated heterocycles. The number of nitrogens with two attached hydrogens (primary N) is 1. The number of allylic oxidation sites excluding steroid dienone is 1. The van der Waals surface area contributed by atoms with Gasteiger partial charge in [0.1, 0.15) is 0 Å². The zero-order valence-corrected chi connectivity index (χ0v) is 6.44. The third-order valence-corrected chi connectivity index (χ3v) is 1.43. The fraction of sp³-hybridized carbons (Fsp3) is 0.429. The summed E-state index contributed by atoms with van der Waals surface area (Å²) in [5.74, 6) is -2.82. The summed E-state index contributed by atoms with van der Waals surface area (Å²) in [6, 6.07) is 0. The van der Waals surface area contributed by atoms with Gasteiger partial charge in [0.15, 0.2) is 0 Å². The summed E-state index contributed by atoms with van der Waals surface area (Å²) < 4.78 is 51.3. The Morgan fingerprint density at radius 1 is 1.46 bits per heavy atom. The van der Waals surface area contributed by atoms with Gasteiger partial charge in [0.25, 0.3) is 0 Å². The van der Waals surface area contributed by atoms with Gasteiger partial charge >= 0.3 is 6.36 Å². The first-order valence-electron chi connectivity index (χ1n) is 3.41. The second-order valence-electron chi connectivity index (χ2n) is 2.58. The van der Waals surface area contributed by atoms with Gasteiger partial charge in [-0.15, -0.1) is 13.2 Å². The van der Waals surface area contributed by atoms with Crippen molar-refractivity contribution in [2.75, 3.05) is 0 Å². The minimum atomic E-state index is -4.99. The molecule has 0 aliphatic heterocycles. The lowest BCUT2D eigenvalue weighted by Gasteiger charge is -2.24. The van der Waals surface area contributed by atoms with Crippen LogP contribution in [0.4, 0.5) is 17.6 Å². The molecule has 13 heavy (non-hydrogen) atoms. The molecule has 0 bridgehead atoms. The molecule has 1 aliphatic carbocycles. The number of hydrogen-bond donors (Lipinski definition) is 1. The van der Waals surface area contributed by atoms with Crippen molar-refractivity contribution in [1.29, 1.82) is 0 Å². The van der Waals surface area contributed by atoms with Gasteiger partial charge in [-0.1, -0.05) is 6.08 Å². The summed E-state index contributed by atoms with van der Waals surface area (Å²) in [4.78, 5) is 0. The van der Waals surface area contributed by atoms with E-state index in [-0.39, 0.29) is 5.70 Å². The van der Waals surface area contributed by atoms with Crippen LogP contribution in [-0.4, -0.2) is 12.2 Å². The molecule has 1 rings (SSSR count). The highest BCUT2D eigenvalue weighted by Crippen LogP contribution is 2.32. The topological polar surface area (TPSA) is 35.2 Å². The minimum absolute atomic E-state index is 0.221. The van der Waals surface area contributed by atoms with Crippen LogP contribution in [0.25, 0.3) is 0 Å². The lowest BCUT2D eigenvalue weighted by atomic mass is 10.1. The number of rotatable bonds is 1. The van der Waals surface area contributed by atoms with Gasteiger partial charge in [-0.3, -0.25) is 4.74 Å². The molecule has 0 heterocycles. The Bertz CT molecular complexity index is 258. The first kappa shape index (κ1) is 10.0. The molecule has 0 saturated carbocycles. The van der Waals surface area contributed by atoms with Crippen LogP contribution in [0, 0.1) is 0 Å². The maximum Gasteiger partial charge on any atom is 0.525 e. The highest BCUT2D eigenvalue weighted by atomic mass is 19.4. The van der Waals surface area contributed by atoms with Crippen LogP contribution in [0.1, 0.15) is 6.42 Å². The highest BCUT2D eigenvalue weighted by Gasteiger charge is 2.42. The van der Waals surface area contributed by atoms with Gasteiger partial charge in [0.2, 0.25) is 5.85 Å². The molecule has 0 fully saturated rings. The smallest absolute Gasteiger partial charge is 0.399 e. The van der Waals surface area contributed by atoms with E-state index in [0.29, 0.717) is 6.08 Å². The average Bonchev–Trinajstić information content (AvgIpc) is 1.92. The molecule has 2 nitrogen and oxygen atoms in total. The lowest BCUT2D eigenvalue weighted by molar-refractivity contribution is -0.380. The first-order chi connectivity index (χ1) is 5.81. The third kappa shape index (κ3) is 3.06. The molecule has 0 aromatic rings. The zero-order chi connectivity index (χ0) is 10.1. The van der Waals surface area contributed by atoms with Crippen LogP contribution < -0.4 is 5.73 Å². The van der Waals surface area contributed by atoms with Gasteiger partial charge in [0, 0.05) is 12.1 Å². The van der Waals surface area contributed by atoms with E-state index in [4.69, 9.17) is 5.73 Å². The molecule has 74 valence electrons. The molecule has 0 aromatic heterocycles. The second-order valence-corrected chi connectivity index (χ2v) is 2.58. The second kappa shape index (κ2) is 3.02. The summed E-state index contributed by atoms with van der Waals surface area (Å²) in [5.41, 5.74) is 5.41. The number of hydrogen-bond acceptors (Lipinski definition) is 2. The van der Waals surface area contributed by atoms with E-state index in [2.05, 4.69) is 4.74 Å². The van der Waals surface area contributed by atoms with E-state index in [1.807, 2.05) is 0 Å². The molecule has 0 spiro atoms. The Hall–Kier alpha value is -1.04. The van der Waals surface area contributed by atoms with Crippen LogP contribution in [0.5, 0.6) is 0 Å². The molecular weight excluding hydrogens is 190 g/mol. The molecule has 0 radical (unpaired) electrons. The van der Waals surface area contributed by atoms with E-state index >= 15 is 0 Å². The third-order valence-electron chi connectivity index (χ3n) is 1.43. The summed E-state index contributed by atoms with van der Waals surface area (Å²) in [6.45, 7) is 0. The van der Waals surface area contributed by atoms with Crippen molar-refractivity contribution in [2.24, 2.45) is 5.73 Å². The Morgan fingerprint density at radius 3 is 2.46 bits per heavy atom. The largest absolute Gasteiger partial charge is 0.525 e. The normalized spacial score (nSPS) is 28.8. The quantitative estimate of drug-likeness (QED) is 0.652. The van der Waals surface area contributed by atoms with Crippen molar-refractivity contribution in [3.05, 3.63) is 23.9 Å². The van der Waals surface area contributed by atoms with E-state index in [1.54, 1.807) is 0 Å². The monoisotopic (exact) mass is 197 g/mol. The van der Waals surface area contributed by atoms with Crippen molar-refractivity contribution in [2.45, 2.75) is 18.6 Å². The van der Waals surface area contributed by atoms with Crippen molar-refractivity contribution in [3.63, 3.8) is 0 Å². The fourth-order valence-electron chi connectivity index (χ4n) is 0.882. The van der Waals surface area contributed by atoms with E-state index in [1.165, 1.54) is 0 Å². The number of ether oxygens (including phenoxy) is 1. The average molecular weight is 197 g/mol.